The molecule has 0 amide bonds. The topological polar surface area (TPSA) is 45.8 Å². The maximum absolute atomic E-state index is 12.1. The molecule has 1 N–H and O–H groups in total. The molecule has 0 aliphatic rings. The Kier molecular flexibility index (Phi) is 4.24. The summed E-state index contributed by atoms with van der Waals surface area (Å²) in [5, 5.41) is 2.74. The summed E-state index contributed by atoms with van der Waals surface area (Å²) in [6.45, 7) is 4.06. The SMILES string of the molecule is CSc1nc(Cc2cccs2)c(C(C)C)c(=O)[nH]1. The van der Waals surface area contributed by atoms with Gasteiger partial charge in [-0.25, -0.2) is 4.98 Å². The van der Waals surface area contributed by atoms with Crippen LogP contribution < -0.4 is 5.56 Å². The number of nitrogens with one attached hydrogen (secondary N) is 1. The van der Waals surface area contributed by atoms with Crippen LogP contribution in [-0.4, -0.2) is 16.2 Å². The highest BCUT2D eigenvalue weighted by atomic mass is 32.2. The van der Waals surface area contributed by atoms with E-state index in [1.165, 1.54) is 16.6 Å². The van der Waals surface area contributed by atoms with Crippen LogP contribution in [0.15, 0.2) is 27.5 Å². The molecule has 0 aliphatic carbocycles. The molecule has 0 unspecified atom stereocenters. The number of hydrogen-bond acceptors (Lipinski definition) is 4. The molecule has 0 saturated heterocycles. The minimum Gasteiger partial charge on any atom is -0.301 e. The van der Waals surface area contributed by atoms with E-state index in [0.717, 1.165) is 17.7 Å². The normalized spacial score (nSPS) is 11.1. The largest absolute Gasteiger partial charge is 0.301 e. The van der Waals surface area contributed by atoms with Gasteiger partial charge in [-0.2, -0.15) is 0 Å². The molecule has 0 aliphatic heterocycles. The Hall–Kier alpha value is -1.07. The third kappa shape index (κ3) is 2.84. The van der Waals surface area contributed by atoms with Gasteiger partial charge in [0.25, 0.3) is 5.56 Å². The van der Waals surface area contributed by atoms with E-state index < -0.39 is 0 Å². The fourth-order valence-corrected chi connectivity index (χ4v) is 3.02. The molecule has 5 heteroatoms. The lowest BCUT2D eigenvalue weighted by Gasteiger charge is -2.11. The van der Waals surface area contributed by atoms with Gasteiger partial charge in [0, 0.05) is 16.9 Å². The molecule has 96 valence electrons. The fraction of sp³-hybridized carbons (Fsp3) is 0.385. The molecule has 18 heavy (non-hydrogen) atoms. The van der Waals surface area contributed by atoms with E-state index in [-0.39, 0.29) is 11.5 Å². The van der Waals surface area contributed by atoms with Crippen LogP contribution in [0.1, 0.15) is 35.9 Å². The fourth-order valence-electron chi connectivity index (χ4n) is 1.91. The molecule has 2 heterocycles. The predicted molar refractivity (Wildman–Crippen MR) is 77.9 cm³/mol. The highest BCUT2D eigenvalue weighted by molar-refractivity contribution is 7.98. The monoisotopic (exact) mass is 280 g/mol. The van der Waals surface area contributed by atoms with Gasteiger partial charge in [0.2, 0.25) is 0 Å². The van der Waals surface area contributed by atoms with Crippen molar-refractivity contribution in [3.63, 3.8) is 0 Å². The van der Waals surface area contributed by atoms with Gasteiger partial charge < -0.3 is 4.98 Å². The zero-order valence-electron chi connectivity index (χ0n) is 10.7. The van der Waals surface area contributed by atoms with Crippen molar-refractivity contribution < 1.29 is 0 Å². The molecule has 3 nitrogen and oxygen atoms in total. The third-order valence-electron chi connectivity index (χ3n) is 2.70. The first-order valence-corrected chi connectivity index (χ1v) is 7.91. The molecule has 2 aromatic rings. The van der Waals surface area contributed by atoms with Crippen LogP contribution >= 0.6 is 23.1 Å². The second-order valence-corrected chi connectivity index (χ2v) is 6.17. The summed E-state index contributed by atoms with van der Waals surface area (Å²) in [6, 6.07) is 4.11. The summed E-state index contributed by atoms with van der Waals surface area (Å²) in [6.07, 6.45) is 2.66. The molecule has 0 aromatic carbocycles. The summed E-state index contributed by atoms with van der Waals surface area (Å²) >= 11 is 3.17. The zero-order valence-corrected chi connectivity index (χ0v) is 12.3. The van der Waals surface area contributed by atoms with E-state index in [1.807, 2.05) is 31.5 Å². The van der Waals surface area contributed by atoms with Gasteiger partial charge in [-0.3, -0.25) is 4.79 Å². The summed E-state index contributed by atoms with van der Waals surface area (Å²) in [4.78, 5) is 20.7. The standard InChI is InChI=1S/C13H16N2OS2/c1-8(2)11-10(7-9-5-4-6-18-9)14-13(17-3)15-12(11)16/h4-6,8H,7H2,1-3H3,(H,14,15,16). The van der Waals surface area contributed by atoms with Crippen LogP contribution in [0, 0.1) is 0 Å². The lowest BCUT2D eigenvalue weighted by molar-refractivity contribution is 0.766. The van der Waals surface area contributed by atoms with Crippen molar-refractivity contribution in [1.82, 2.24) is 9.97 Å². The van der Waals surface area contributed by atoms with Crippen molar-refractivity contribution >= 4 is 23.1 Å². The van der Waals surface area contributed by atoms with Crippen LogP contribution in [-0.2, 0) is 6.42 Å². The minimum atomic E-state index is -0.00379. The van der Waals surface area contributed by atoms with Crippen LogP contribution in [0.25, 0.3) is 0 Å². The van der Waals surface area contributed by atoms with Crippen molar-refractivity contribution in [3.05, 3.63) is 44.0 Å². The summed E-state index contributed by atoms with van der Waals surface area (Å²) in [5.41, 5.74) is 1.71. The van der Waals surface area contributed by atoms with Crippen LogP contribution in [0.4, 0.5) is 0 Å². The Morgan fingerprint density at radius 3 is 2.83 bits per heavy atom. The lowest BCUT2D eigenvalue weighted by Crippen LogP contribution is -2.20. The van der Waals surface area contributed by atoms with Gasteiger partial charge in [-0.1, -0.05) is 31.7 Å². The van der Waals surface area contributed by atoms with Gasteiger partial charge in [0.15, 0.2) is 5.16 Å². The number of rotatable bonds is 4. The van der Waals surface area contributed by atoms with Gasteiger partial charge in [-0.05, 0) is 23.6 Å². The maximum atomic E-state index is 12.1. The van der Waals surface area contributed by atoms with Crippen LogP contribution in [0.5, 0.6) is 0 Å². The lowest BCUT2D eigenvalue weighted by atomic mass is 10.0. The summed E-state index contributed by atoms with van der Waals surface area (Å²) in [5.74, 6) is 0.187. The second kappa shape index (κ2) is 5.71. The molecular formula is C13H16N2OS2. The number of nitrogens with zero attached hydrogens (tertiary/aromatic N) is 1. The quantitative estimate of drug-likeness (QED) is 0.690. The number of H-pyrrole nitrogens is 1. The molecule has 2 aromatic heterocycles. The van der Waals surface area contributed by atoms with E-state index in [2.05, 4.69) is 16.0 Å². The van der Waals surface area contributed by atoms with E-state index in [4.69, 9.17) is 0 Å². The number of aromatic nitrogens is 2. The number of thioether (sulfide) groups is 1. The summed E-state index contributed by atoms with van der Waals surface area (Å²) in [7, 11) is 0. The average Bonchev–Trinajstić information content (AvgIpc) is 2.80. The van der Waals surface area contributed by atoms with E-state index in [0.29, 0.717) is 5.16 Å². The Bertz CT molecular complexity index is 573. The zero-order chi connectivity index (χ0) is 13.1. The van der Waals surface area contributed by atoms with Gasteiger partial charge in [0.1, 0.15) is 0 Å². The third-order valence-corrected chi connectivity index (χ3v) is 4.16. The molecule has 0 radical (unpaired) electrons. The van der Waals surface area contributed by atoms with Gasteiger partial charge in [-0.15, -0.1) is 11.3 Å². The molecule has 0 atom stereocenters. The highest BCUT2D eigenvalue weighted by Gasteiger charge is 2.15. The van der Waals surface area contributed by atoms with Crippen LogP contribution in [0.3, 0.4) is 0 Å². The maximum Gasteiger partial charge on any atom is 0.255 e. The molecule has 0 fully saturated rings. The Labute approximate surface area is 115 Å². The van der Waals surface area contributed by atoms with Gasteiger partial charge >= 0.3 is 0 Å². The smallest absolute Gasteiger partial charge is 0.255 e. The second-order valence-electron chi connectivity index (χ2n) is 4.35. The average molecular weight is 280 g/mol. The number of hydrogen-bond donors (Lipinski definition) is 1. The molecule has 0 spiro atoms. The first-order chi connectivity index (χ1) is 8.61. The van der Waals surface area contributed by atoms with Crippen molar-refractivity contribution in [3.8, 4) is 0 Å². The van der Waals surface area contributed by atoms with Crippen molar-refractivity contribution in [2.75, 3.05) is 6.26 Å². The van der Waals surface area contributed by atoms with E-state index in [1.54, 1.807) is 11.3 Å². The van der Waals surface area contributed by atoms with Crippen LogP contribution in [0.2, 0.25) is 0 Å². The Morgan fingerprint density at radius 2 is 2.28 bits per heavy atom. The Balaban J connectivity index is 2.48. The highest BCUT2D eigenvalue weighted by Crippen LogP contribution is 2.21. The van der Waals surface area contributed by atoms with E-state index in [9.17, 15) is 4.79 Å². The van der Waals surface area contributed by atoms with Crippen molar-refractivity contribution in [2.45, 2.75) is 31.3 Å². The predicted octanol–water partition coefficient (Wildman–Crippen LogP) is 3.27. The first-order valence-electron chi connectivity index (χ1n) is 5.81. The first kappa shape index (κ1) is 13.4. The van der Waals surface area contributed by atoms with Crippen molar-refractivity contribution in [1.29, 1.82) is 0 Å². The molecule has 0 bridgehead atoms. The summed E-state index contributed by atoms with van der Waals surface area (Å²) < 4.78 is 0. The number of thiophene rings is 1. The van der Waals surface area contributed by atoms with Gasteiger partial charge in [0.05, 0.1) is 5.69 Å². The molecular weight excluding hydrogens is 264 g/mol. The van der Waals surface area contributed by atoms with E-state index >= 15 is 0 Å². The number of aromatic amines is 1. The molecule has 2 rings (SSSR count). The Morgan fingerprint density at radius 1 is 1.50 bits per heavy atom. The molecule has 0 saturated carbocycles. The van der Waals surface area contributed by atoms with Crippen molar-refractivity contribution in [2.24, 2.45) is 0 Å². The minimum absolute atomic E-state index is 0.00379.